The lowest BCUT2D eigenvalue weighted by molar-refractivity contribution is 0.0691. The number of methoxy groups -OCH3 is 1. The van der Waals surface area contributed by atoms with Crippen LogP contribution in [0, 0.1) is 5.82 Å². The van der Waals surface area contributed by atoms with E-state index in [1.165, 1.54) is 6.20 Å². The van der Waals surface area contributed by atoms with Crippen LogP contribution in [-0.4, -0.2) is 29.4 Å². The molecule has 0 radical (unpaired) electrons. The average Bonchev–Trinajstić information content (AvgIpc) is 2.95. The Morgan fingerprint density at radius 3 is 2.64 bits per heavy atom. The second kappa shape index (κ2) is 7.68. The lowest BCUT2D eigenvalue weighted by Gasteiger charge is -2.44. The molecule has 33 heavy (non-hydrogen) atoms. The fraction of sp³-hybridized carbons (Fsp3) is 0.333. The Morgan fingerprint density at radius 2 is 2.03 bits per heavy atom. The number of carbonyl (C=O) groups is 1. The molecule has 0 bridgehead atoms. The molecular weight excluding hydrogens is 429 g/mol. The third-order valence-corrected chi connectivity index (χ3v) is 6.84. The van der Waals surface area contributed by atoms with Crippen molar-refractivity contribution in [1.29, 1.82) is 0 Å². The summed E-state index contributed by atoms with van der Waals surface area (Å²) < 4.78 is 28.5. The molecule has 2 aromatic carbocycles. The van der Waals surface area contributed by atoms with Crippen LogP contribution < -0.4 is 26.0 Å². The molecule has 1 fully saturated rings. The number of nitrogens with two attached hydrogens (primary N) is 1. The number of nitrogen functional groups attached to an aromatic ring is 1. The zero-order valence-electron chi connectivity index (χ0n) is 18.1. The Kier molecular flexibility index (Phi) is 4.92. The molecule has 5 rings (SSSR count). The molecule has 172 valence electrons. The number of anilines is 2. The highest BCUT2D eigenvalue weighted by molar-refractivity contribution is 6.03. The summed E-state index contributed by atoms with van der Waals surface area (Å²) in [6.45, 7) is 0.596. The van der Waals surface area contributed by atoms with Crippen LogP contribution in [0.2, 0.25) is 0 Å². The molecule has 1 saturated carbocycles. The lowest BCUT2D eigenvalue weighted by Crippen LogP contribution is -2.42. The Bertz CT molecular complexity index is 1330. The number of benzene rings is 2. The molecule has 3 aromatic rings. The van der Waals surface area contributed by atoms with Gasteiger partial charge in [-0.2, -0.15) is 0 Å². The summed E-state index contributed by atoms with van der Waals surface area (Å²) >= 11 is 0. The maximum atomic E-state index is 15.5. The summed E-state index contributed by atoms with van der Waals surface area (Å²) in [5, 5.41) is 12.6. The predicted octanol–water partition coefficient (Wildman–Crippen LogP) is 3.70. The molecule has 1 aromatic heterocycles. The van der Waals surface area contributed by atoms with Crippen LogP contribution in [-0.2, 0) is 12.1 Å². The predicted molar refractivity (Wildman–Crippen MR) is 122 cm³/mol. The van der Waals surface area contributed by atoms with Crippen LogP contribution in [0.15, 0.2) is 35.3 Å². The quantitative estimate of drug-likeness (QED) is 0.505. The molecule has 1 aliphatic carbocycles. The molecule has 2 aliphatic rings. The van der Waals surface area contributed by atoms with E-state index in [0.717, 1.165) is 24.8 Å². The zero-order valence-corrected chi connectivity index (χ0v) is 18.1. The fourth-order valence-electron chi connectivity index (χ4n) is 4.85. The minimum absolute atomic E-state index is 0.0587. The van der Waals surface area contributed by atoms with Gasteiger partial charge < -0.3 is 30.2 Å². The number of halogens is 1. The number of hydrogen-bond donors (Lipinski definition) is 3. The molecule has 0 unspecified atom stereocenters. The number of carboxylic acid groups (broad SMARTS) is 1. The van der Waals surface area contributed by atoms with Crippen LogP contribution >= 0.6 is 0 Å². The van der Waals surface area contributed by atoms with Gasteiger partial charge in [0.15, 0.2) is 11.6 Å². The highest BCUT2D eigenvalue weighted by Gasteiger charge is 2.43. The minimum Gasteiger partial charge on any atom is -0.497 e. The Balaban J connectivity index is 1.71. The van der Waals surface area contributed by atoms with E-state index in [2.05, 4.69) is 5.32 Å². The summed E-state index contributed by atoms with van der Waals surface area (Å²) in [4.78, 5) is 24.8. The summed E-state index contributed by atoms with van der Waals surface area (Å²) in [6, 6.07) is 7.31. The van der Waals surface area contributed by atoms with Crippen LogP contribution in [0.4, 0.5) is 15.8 Å². The standard InChI is InChI=1S/C24H24FN3O5/c1-32-14-5-3-13(4-6-14)11-27-19-17(25)18(26)16-20-22(19)33-10-9-24(7-2-8-24)28(20)12-15(21(16)29)23(30)31/h3-6,12,27H,2,7-11,26H2,1H3,(H,30,31). The molecule has 1 aliphatic heterocycles. The van der Waals surface area contributed by atoms with Gasteiger partial charge in [-0.3, -0.25) is 4.79 Å². The fourth-order valence-corrected chi connectivity index (χ4v) is 4.85. The number of aromatic nitrogens is 1. The smallest absolute Gasteiger partial charge is 0.341 e. The van der Waals surface area contributed by atoms with E-state index >= 15 is 4.39 Å². The van der Waals surface area contributed by atoms with Crippen molar-refractivity contribution < 1.29 is 23.8 Å². The number of carboxylic acids is 1. The van der Waals surface area contributed by atoms with Crippen molar-refractivity contribution in [3.05, 3.63) is 57.6 Å². The molecular formula is C24H24FN3O5. The van der Waals surface area contributed by atoms with Gasteiger partial charge in [0, 0.05) is 24.7 Å². The van der Waals surface area contributed by atoms with Gasteiger partial charge in [0.25, 0.3) is 0 Å². The van der Waals surface area contributed by atoms with Crippen molar-refractivity contribution in [2.45, 2.75) is 37.8 Å². The monoisotopic (exact) mass is 453 g/mol. The van der Waals surface area contributed by atoms with Gasteiger partial charge in [-0.1, -0.05) is 12.1 Å². The molecule has 0 saturated heterocycles. The van der Waals surface area contributed by atoms with Crippen molar-refractivity contribution in [2.24, 2.45) is 0 Å². The molecule has 2 heterocycles. The topological polar surface area (TPSA) is 116 Å². The highest BCUT2D eigenvalue weighted by Crippen LogP contribution is 2.50. The largest absolute Gasteiger partial charge is 0.497 e. The second-order valence-corrected chi connectivity index (χ2v) is 8.58. The molecule has 0 atom stereocenters. The number of pyridine rings is 1. The Labute approximate surface area is 188 Å². The maximum Gasteiger partial charge on any atom is 0.341 e. The van der Waals surface area contributed by atoms with Crippen LogP contribution in [0.3, 0.4) is 0 Å². The van der Waals surface area contributed by atoms with Crippen molar-refractivity contribution in [1.82, 2.24) is 4.57 Å². The third kappa shape index (κ3) is 3.18. The lowest BCUT2D eigenvalue weighted by atomic mass is 9.74. The van der Waals surface area contributed by atoms with Gasteiger partial charge in [0.2, 0.25) is 5.43 Å². The number of rotatable bonds is 5. The average molecular weight is 453 g/mol. The normalized spacial score (nSPS) is 16.1. The van der Waals surface area contributed by atoms with Gasteiger partial charge in [-0.05, 0) is 37.0 Å². The number of nitrogens with one attached hydrogen (secondary N) is 1. The first-order chi connectivity index (χ1) is 15.9. The summed E-state index contributed by atoms with van der Waals surface area (Å²) in [5.41, 5.74) is 5.41. The van der Waals surface area contributed by atoms with E-state index in [0.29, 0.717) is 24.3 Å². The SMILES string of the molecule is COc1ccc(CNc2c(F)c(N)c3c(=O)c(C(=O)O)cn4c3c2OCCC42CCC2)cc1. The number of ether oxygens (including phenoxy) is 2. The van der Waals surface area contributed by atoms with Crippen molar-refractivity contribution in [3.63, 3.8) is 0 Å². The van der Waals surface area contributed by atoms with E-state index in [4.69, 9.17) is 15.2 Å². The van der Waals surface area contributed by atoms with Gasteiger partial charge in [0.05, 0.1) is 30.3 Å². The number of fused-ring (bicyclic) bond motifs is 1. The van der Waals surface area contributed by atoms with Crippen molar-refractivity contribution >= 4 is 28.2 Å². The summed E-state index contributed by atoms with van der Waals surface area (Å²) in [5.74, 6) is -1.31. The van der Waals surface area contributed by atoms with Gasteiger partial charge in [-0.15, -0.1) is 0 Å². The first kappa shape index (κ1) is 21.1. The van der Waals surface area contributed by atoms with E-state index < -0.39 is 22.8 Å². The molecule has 9 heteroatoms. The van der Waals surface area contributed by atoms with Crippen molar-refractivity contribution in [2.75, 3.05) is 24.8 Å². The number of nitrogens with zero attached hydrogens (tertiary/aromatic N) is 1. The molecule has 1 spiro atoms. The first-order valence-corrected chi connectivity index (χ1v) is 10.8. The zero-order chi connectivity index (χ0) is 23.3. The number of hydrogen-bond acceptors (Lipinski definition) is 6. The van der Waals surface area contributed by atoms with E-state index in [1.54, 1.807) is 23.8 Å². The van der Waals surface area contributed by atoms with E-state index in [1.807, 2.05) is 12.1 Å². The number of aromatic carboxylic acids is 1. The van der Waals surface area contributed by atoms with Crippen molar-refractivity contribution in [3.8, 4) is 11.5 Å². The second-order valence-electron chi connectivity index (χ2n) is 8.58. The molecule has 0 amide bonds. The van der Waals surface area contributed by atoms with Crippen LogP contribution in [0.1, 0.15) is 41.6 Å². The third-order valence-electron chi connectivity index (χ3n) is 6.84. The summed E-state index contributed by atoms with van der Waals surface area (Å²) in [7, 11) is 1.58. The van der Waals surface area contributed by atoms with Gasteiger partial charge >= 0.3 is 5.97 Å². The van der Waals surface area contributed by atoms with E-state index in [9.17, 15) is 14.7 Å². The Morgan fingerprint density at radius 1 is 1.30 bits per heavy atom. The highest BCUT2D eigenvalue weighted by atomic mass is 19.1. The summed E-state index contributed by atoms with van der Waals surface area (Å²) in [6.07, 6.45) is 4.61. The Hall–Kier alpha value is -3.75. The van der Waals surface area contributed by atoms with Crippen LogP contribution in [0.25, 0.3) is 10.9 Å². The van der Waals surface area contributed by atoms with E-state index in [-0.39, 0.29) is 34.6 Å². The van der Waals surface area contributed by atoms with Gasteiger partial charge in [0.1, 0.15) is 17.0 Å². The molecule has 4 N–H and O–H groups in total. The van der Waals surface area contributed by atoms with Gasteiger partial charge in [-0.25, -0.2) is 9.18 Å². The minimum atomic E-state index is -1.37. The van der Waals surface area contributed by atoms with Crippen LogP contribution in [0.5, 0.6) is 11.5 Å². The maximum absolute atomic E-state index is 15.5. The first-order valence-electron chi connectivity index (χ1n) is 10.8. The molecule has 8 nitrogen and oxygen atoms in total.